The van der Waals surface area contributed by atoms with E-state index in [4.69, 9.17) is 23.7 Å². The van der Waals surface area contributed by atoms with Gasteiger partial charge in [-0.3, -0.25) is 9.59 Å². The Bertz CT molecular complexity index is 951. The third-order valence-corrected chi connectivity index (χ3v) is 4.24. The number of nitrogens with one attached hydrogen (secondary N) is 2. The fraction of sp³-hybridized carbons (Fsp3) is 0.318. The summed E-state index contributed by atoms with van der Waals surface area (Å²) in [5, 5.41) is 6.43. The van der Waals surface area contributed by atoms with Crippen LogP contribution in [0.3, 0.4) is 0 Å². The van der Waals surface area contributed by atoms with Gasteiger partial charge in [-0.2, -0.15) is 5.10 Å². The molecule has 2 aromatic rings. The van der Waals surface area contributed by atoms with Crippen LogP contribution in [0, 0.1) is 0 Å². The van der Waals surface area contributed by atoms with E-state index < -0.39 is 11.8 Å². The lowest BCUT2D eigenvalue weighted by atomic mass is 10.1. The first-order valence-electron chi connectivity index (χ1n) is 9.68. The summed E-state index contributed by atoms with van der Waals surface area (Å²) in [5.74, 6) is 1.24. The predicted molar refractivity (Wildman–Crippen MR) is 118 cm³/mol. The quantitative estimate of drug-likeness (QED) is 0.401. The van der Waals surface area contributed by atoms with Gasteiger partial charge in [-0.1, -0.05) is 0 Å². The van der Waals surface area contributed by atoms with Crippen molar-refractivity contribution < 1.29 is 33.3 Å². The average Bonchev–Trinajstić information content (AvgIpc) is 2.81. The van der Waals surface area contributed by atoms with Crippen molar-refractivity contribution in [3.8, 4) is 28.7 Å². The molecule has 2 N–H and O–H groups in total. The van der Waals surface area contributed by atoms with E-state index in [0.717, 1.165) is 0 Å². The number of carbonyl (C=O) groups is 2. The molecule has 0 saturated carbocycles. The van der Waals surface area contributed by atoms with Gasteiger partial charge in [0.25, 0.3) is 11.8 Å². The number of amides is 2. The van der Waals surface area contributed by atoms with E-state index in [2.05, 4.69) is 15.8 Å². The van der Waals surface area contributed by atoms with Gasteiger partial charge >= 0.3 is 0 Å². The Morgan fingerprint density at radius 3 is 2.16 bits per heavy atom. The number of carbonyl (C=O) groups excluding carboxylic acids is 2. The highest BCUT2D eigenvalue weighted by Crippen LogP contribution is 2.38. The molecule has 0 aromatic heterocycles. The highest BCUT2D eigenvalue weighted by atomic mass is 16.5. The predicted octanol–water partition coefficient (Wildman–Crippen LogP) is 2.00. The molecule has 0 spiro atoms. The molecule has 0 bridgehead atoms. The Balaban J connectivity index is 1.99. The van der Waals surface area contributed by atoms with Gasteiger partial charge in [0.15, 0.2) is 11.5 Å². The van der Waals surface area contributed by atoms with Crippen molar-refractivity contribution >= 4 is 18.0 Å². The molecule has 2 aromatic carbocycles. The lowest BCUT2D eigenvalue weighted by Crippen LogP contribution is -2.35. The molecule has 10 heteroatoms. The molecule has 0 heterocycles. The van der Waals surface area contributed by atoms with Crippen LogP contribution in [-0.4, -0.2) is 59.6 Å². The minimum atomic E-state index is -0.512. The Morgan fingerprint density at radius 2 is 1.59 bits per heavy atom. The maximum Gasteiger partial charge on any atom is 0.259 e. The molecule has 32 heavy (non-hydrogen) atoms. The first kappa shape index (κ1) is 24.3. The molecule has 172 valence electrons. The second kappa shape index (κ2) is 12.0. The van der Waals surface area contributed by atoms with Crippen LogP contribution in [0.5, 0.6) is 28.7 Å². The van der Waals surface area contributed by atoms with Crippen molar-refractivity contribution in [1.29, 1.82) is 0 Å². The Kier molecular flexibility index (Phi) is 9.15. The van der Waals surface area contributed by atoms with Crippen LogP contribution in [0.25, 0.3) is 0 Å². The molecule has 0 saturated heterocycles. The van der Waals surface area contributed by atoms with Gasteiger partial charge in [0.05, 0.1) is 47.8 Å². The molecular weight excluding hydrogens is 418 g/mol. The average molecular weight is 445 g/mol. The van der Waals surface area contributed by atoms with Crippen molar-refractivity contribution in [3.05, 3.63) is 41.5 Å². The molecule has 0 aliphatic heterocycles. The van der Waals surface area contributed by atoms with Crippen LogP contribution in [0.15, 0.2) is 35.4 Å². The SMILES string of the molecule is CCOc1ccc(OC)c(/C=N/NC(=O)CNC(=O)c2cc(OC)c(OC)c(OC)c2)c1. The van der Waals surface area contributed by atoms with Crippen LogP contribution >= 0.6 is 0 Å². The van der Waals surface area contributed by atoms with E-state index >= 15 is 0 Å². The minimum Gasteiger partial charge on any atom is -0.496 e. The van der Waals surface area contributed by atoms with E-state index in [0.29, 0.717) is 40.9 Å². The minimum absolute atomic E-state index is 0.244. The zero-order valence-electron chi connectivity index (χ0n) is 18.7. The number of ether oxygens (including phenoxy) is 5. The highest BCUT2D eigenvalue weighted by Gasteiger charge is 2.17. The van der Waals surface area contributed by atoms with Gasteiger partial charge in [0.2, 0.25) is 5.75 Å². The number of hydrogen-bond acceptors (Lipinski definition) is 8. The van der Waals surface area contributed by atoms with E-state index in [1.807, 2.05) is 6.92 Å². The monoisotopic (exact) mass is 445 g/mol. The summed E-state index contributed by atoms with van der Waals surface area (Å²) in [6.07, 6.45) is 1.43. The number of nitrogens with zero attached hydrogens (tertiary/aromatic N) is 1. The number of benzene rings is 2. The molecule has 0 radical (unpaired) electrons. The summed E-state index contributed by atoms with van der Waals surface area (Å²) in [6.45, 7) is 2.11. The smallest absolute Gasteiger partial charge is 0.259 e. The second-order valence-electron chi connectivity index (χ2n) is 6.23. The summed E-state index contributed by atoms with van der Waals surface area (Å²) in [4.78, 5) is 24.5. The molecule has 0 aliphatic carbocycles. The van der Waals surface area contributed by atoms with Crippen molar-refractivity contribution in [2.45, 2.75) is 6.92 Å². The van der Waals surface area contributed by atoms with Crippen molar-refractivity contribution in [2.24, 2.45) is 5.10 Å². The summed E-state index contributed by atoms with van der Waals surface area (Å²) in [6, 6.07) is 8.24. The number of rotatable bonds is 11. The number of methoxy groups -OCH3 is 4. The zero-order chi connectivity index (χ0) is 23.5. The van der Waals surface area contributed by atoms with Gasteiger partial charge in [0, 0.05) is 11.1 Å². The molecule has 0 unspecified atom stereocenters. The third-order valence-electron chi connectivity index (χ3n) is 4.24. The summed E-state index contributed by atoms with van der Waals surface area (Å²) < 4.78 is 26.4. The lowest BCUT2D eigenvalue weighted by Gasteiger charge is -2.14. The molecular formula is C22H27N3O7. The maximum atomic E-state index is 12.5. The topological polar surface area (TPSA) is 117 Å². The van der Waals surface area contributed by atoms with E-state index in [1.54, 1.807) is 18.2 Å². The summed E-state index contributed by atoms with van der Waals surface area (Å²) in [7, 11) is 5.89. The Hall–Kier alpha value is -3.95. The maximum absolute atomic E-state index is 12.5. The van der Waals surface area contributed by atoms with Gasteiger partial charge in [-0.05, 0) is 37.3 Å². The second-order valence-corrected chi connectivity index (χ2v) is 6.23. The van der Waals surface area contributed by atoms with Gasteiger partial charge < -0.3 is 29.0 Å². The molecule has 0 aliphatic rings. The zero-order valence-corrected chi connectivity index (χ0v) is 18.7. The molecule has 2 rings (SSSR count). The van der Waals surface area contributed by atoms with Crippen LogP contribution < -0.4 is 34.4 Å². The third kappa shape index (κ3) is 6.27. The molecule has 10 nitrogen and oxygen atoms in total. The van der Waals surface area contributed by atoms with E-state index in [-0.39, 0.29) is 12.1 Å². The molecule has 0 atom stereocenters. The lowest BCUT2D eigenvalue weighted by molar-refractivity contribution is -0.120. The standard InChI is InChI=1S/C22H27N3O7/c1-6-32-16-7-8-17(28-2)15(9-16)12-24-25-20(26)13-23-22(27)14-10-18(29-3)21(31-5)19(11-14)30-4/h7-12H,6,13H2,1-5H3,(H,23,27)(H,25,26)/b24-12+. The Labute approximate surface area is 186 Å². The molecule has 2 amide bonds. The summed E-state index contributed by atoms with van der Waals surface area (Å²) >= 11 is 0. The van der Waals surface area contributed by atoms with Crippen molar-refractivity contribution in [1.82, 2.24) is 10.7 Å². The summed E-state index contributed by atoms with van der Waals surface area (Å²) in [5.41, 5.74) is 3.22. The largest absolute Gasteiger partial charge is 0.496 e. The molecule has 0 fully saturated rings. The van der Waals surface area contributed by atoms with Crippen LogP contribution in [0.2, 0.25) is 0 Å². The Morgan fingerprint density at radius 1 is 0.938 bits per heavy atom. The fourth-order valence-electron chi connectivity index (χ4n) is 2.76. The van der Waals surface area contributed by atoms with Crippen molar-refractivity contribution in [3.63, 3.8) is 0 Å². The highest BCUT2D eigenvalue weighted by molar-refractivity contribution is 5.97. The van der Waals surface area contributed by atoms with Crippen LogP contribution in [0.1, 0.15) is 22.8 Å². The normalized spacial score (nSPS) is 10.4. The van der Waals surface area contributed by atoms with Gasteiger partial charge in [0.1, 0.15) is 11.5 Å². The van der Waals surface area contributed by atoms with Crippen LogP contribution in [-0.2, 0) is 4.79 Å². The first-order valence-corrected chi connectivity index (χ1v) is 9.68. The fourth-order valence-corrected chi connectivity index (χ4v) is 2.76. The first-order chi connectivity index (χ1) is 15.5. The number of hydrazone groups is 1. The number of hydrogen-bond donors (Lipinski definition) is 2. The van der Waals surface area contributed by atoms with Gasteiger partial charge in [-0.25, -0.2) is 5.43 Å². The van der Waals surface area contributed by atoms with E-state index in [9.17, 15) is 9.59 Å². The van der Waals surface area contributed by atoms with E-state index in [1.165, 1.54) is 46.8 Å². The van der Waals surface area contributed by atoms with Crippen LogP contribution in [0.4, 0.5) is 0 Å². The van der Waals surface area contributed by atoms with Gasteiger partial charge in [-0.15, -0.1) is 0 Å². The van der Waals surface area contributed by atoms with Crippen molar-refractivity contribution in [2.75, 3.05) is 41.6 Å².